The standard InChI is InChI=1S/C18H19N3O4/c1-2-20-12-13(11-19)18(22)16-10-14(21(23)24)8-9-17(16)25-15-6-4-3-5-7-15/h3-12,18,22H,2,19H2,1H3/b13-11+,20-12?. The van der Waals surface area contributed by atoms with Crippen molar-refractivity contribution in [3.05, 3.63) is 76.0 Å². The fourth-order valence-corrected chi connectivity index (χ4v) is 2.15. The molecule has 7 nitrogen and oxygen atoms in total. The number of nitrogens with two attached hydrogens (primary N) is 1. The van der Waals surface area contributed by atoms with Gasteiger partial charge in [-0.05, 0) is 25.1 Å². The lowest BCUT2D eigenvalue weighted by atomic mass is 10.0. The molecule has 0 radical (unpaired) electrons. The largest absolute Gasteiger partial charge is 0.457 e. The molecule has 0 heterocycles. The Kier molecular flexibility index (Phi) is 6.25. The Balaban J connectivity index is 2.46. The first-order valence-corrected chi connectivity index (χ1v) is 7.67. The van der Waals surface area contributed by atoms with E-state index in [1.165, 1.54) is 30.6 Å². The van der Waals surface area contributed by atoms with Crippen LogP contribution in [0.1, 0.15) is 18.6 Å². The van der Waals surface area contributed by atoms with E-state index >= 15 is 0 Å². The summed E-state index contributed by atoms with van der Waals surface area (Å²) in [6.45, 7) is 2.36. The number of nitro benzene ring substituents is 1. The Labute approximate surface area is 145 Å². The molecule has 0 spiro atoms. The van der Waals surface area contributed by atoms with E-state index in [2.05, 4.69) is 4.99 Å². The number of benzene rings is 2. The topological polar surface area (TPSA) is 111 Å². The molecule has 3 N–H and O–H groups in total. The fraction of sp³-hybridized carbons (Fsp3) is 0.167. The van der Waals surface area contributed by atoms with Gasteiger partial charge >= 0.3 is 0 Å². The lowest BCUT2D eigenvalue weighted by Crippen LogP contribution is -2.08. The number of aliphatic hydroxyl groups is 1. The number of para-hydroxylation sites is 1. The van der Waals surface area contributed by atoms with E-state index in [1.807, 2.05) is 13.0 Å². The highest BCUT2D eigenvalue weighted by atomic mass is 16.6. The van der Waals surface area contributed by atoms with E-state index in [0.717, 1.165) is 0 Å². The molecular weight excluding hydrogens is 322 g/mol. The molecule has 0 saturated heterocycles. The average molecular weight is 341 g/mol. The lowest BCUT2D eigenvalue weighted by molar-refractivity contribution is -0.385. The highest BCUT2D eigenvalue weighted by molar-refractivity contribution is 5.80. The molecule has 0 amide bonds. The summed E-state index contributed by atoms with van der Waals surface area (Å²) in [5.74, 6) is 0.846. The van der Waals surface area contributed by atoms with Gasteiger partial charge in [-0.25, -0.2) is 0 Å². The molecule has 0 fully saturated rings. The van der Waals surface area contributed by atoms with Crippen molar-refractivity contribution >= 4 is 11.9 Å². The normalized spacial score (nSPS) is 13.0. The van der Waals surface area contributed by atoms with Gasteiger partial charge in [0.1, 0.15) is 17.6 Å². The number of ether oxygens (including phenoxy) is 1. The van der Waals surface area contributed by atoms with Crippen molar-refractivity contribution in [3.63, 3.8) is 0 Å². The molecule has 0 aliphatic rings. The predicted molar refractivity (Wildman–Crippen MR) is 95.9 cm³/mol. The van der Waals surface area contributed by atoms with E-state index in [-0.39, 0.29) is 11.3 Å². The van der Waals surface area contributed by atoms with Crippen LogP contribution in [0.5, 0.6) is 11.5 Å². The van der Waals surface area contributed by atoms with Crippen molar-refractivity contribution < 1.29 is 14.8 Å². The Morgan fingerprint density at radius 1 is 1.36 bits per heavy atom. The third kappa shape index (κ3) is 4.65. The van der Waals surface area contributed by atoms with Crippen molar-refractivity contribution in [2.24, 2.45) is 10.7 Å². The van der Waals surface area contributed by atoms with Gasteiger partial charge in [0.15, 0.2) is 0 Å². The number of rotatable bonds is 7. The van der Waals surface area contributed by atoms with Crippen LogP contribution in [0.3, 0.4) is 0 Å². The van der Waals surface area contributed by atoms with Crippen LogP contribution in [0, 0.1) is 10.1 Å². The lowest BCUT2D eigenvalue weighted by Gasteiger charge is -2.16. The van der Waals surface area contributed by atoms with Gasteiger partial charge in [-0.2, -0.15) is 0 Å². The van der Waals surface area contributed by atoms with Gasteiger partial charge in [0.25, 0.3) is 5.69 Å². The van der Waals surface area contributed by atoms with Crippen molar-refractivity contribution in [3.8, 4) is 11.5 Å². The Hall–Kier alpha value is -3.19. The second-order valence-electron chi connectivity index (χ2n) is 5.09. The third-order valence-corrected chi connectivity index (χ3v) is 3.40. The monoisotopic (exact) mass is 341 g/mol. The summed E-state index contributed by atoms with van der Waals surface area (Å²) in [5.41, 5.74) is 5.96. The summed E-state index contributed by atoms with van der Waals surface area (Å²) in [5, 5.41) is 21.7. The van der Waals surface area contributed by atoms with E-state index < -0.39 is 11.0 Å². The van der Waals surface area contributed by atoms with Crippen LogP contribution in [0.25, 0.3) is 0 Å². The number of non-ortho nitro benzene ring substituents is 1. The molecule has 25 heavy (non-hydrogen) atoms. The number of hydrogen-bond donors (Lipinski definition) is 2. The zero-order valence-electron chi connectivity index (χ0n) is 13.7. The summed E-state index contributed by atoms with van der Waals surface area (Å²) in [4.78, 5) is 14.6. The SMILES string of the molecule is CCN=C/C(=C\N)C(O)c1cc([N+](=O)[O-])ccc1Oc1ccccc1. The van der Waals surface area contributed by atoms with Crippen molar-refractivity contribution in [2.75, 3.05) is 6.54 Å². The van der Waals surface area contributed by atoms with E-state index in [1.54, 1.807) is 24.3 Å². The van der Waals surface area contributed by atoms with Crippen molar-refractivity contribution in [1.82, 2.24) is 0 Å². The molecule has 1 atom stereocenters. The van der Waals surface area contributed by atoms with Gasteiger partial charge in [-0.3, -0.25) is 15.1 Å². The van der Waals surface area contributed by atoms with Gasteiger partial charge in [-0.15, -0.1) is 0 Å². The van der Waals surface area contributed by atoms with Gasteiger partial charge in [0.2, 0.25) is 0 Å². The zero-order chi connectivity index (χ0) is 18.2. The number of aliphatic hydroxyl groups excluding tert-OH is 1. The van der Waals surface area contributed by atoms with Crippen LogP contribution < -0.4 is 10.5 Å². The number of hydrogen-bond acceptors (Lipinski definition) is 6. The number of nitro groups is 1. The molecule has 0 aliphatic heterocycles. The van der Waals surface area contributed by atoms with Crippen LogP contribution in [0.4, 0.5) is 5.69 Å². The second-order valence-corrected chi connectivity index (χ2v) is 5.09. The molecule has 1 unspecified atom stereocenters. The highest BCUT2D eigenvalue weighted by Gasteiger charge is 2.21. The molecule has 130 valence electrons. The molecule has 2 aromatic carbocycles. The molecule has 7 heteroatoms. The highest BCUT2D eigenvalue weighted by Crippen LogP contribution is 2.35. The molecular formula is C18H19N3O4. The first-order chi connectivity index (χ1) is 12.1. The van der Waals surface area contributed by atoms with Crippen LogP contribution in [-0.4, -0.2) is 22.8 Å². The first kappa shape index (κ1) is 18.2. The Morgan fingerprint density at radius 2 is 2.08 bits per heavy atom. The zero-order valence-corrected chi connectivity index (χ0v) is 13.7. The first-order valence-electron chi connectivity index (χ1n) is 7.67. The van der Waals surface area contributed by atoms with E-state index in [0.29, 0.717) is 23.6 Å². The maximum Gasteiger partial charge on any atom is 0.270 e. The fourth-order valence-electron chi connectivity index (χ4n) is 2.15. The van der Waals surface area contributed by atoms with Crippen LogP contribution >= 0.6 is 0 Å². The molecule has 2 aromatic rings. The smallest absolute Gasteiger partial charge is 0.270 e. The Bertz CT molecular complexity index is 788. The minimum Gasteiger partial charge on any atom is -0.457 e. The predicted octanol–water partition coefficient (Wildman–Crippen LogP) is 3.35. The molecule has 0 aromatic heterocycles. The van der Waals surface area contributed by atoms with Gasteiger partial charge in [0, 0.05) is 42.2 Å². The third-order valence-electron chi connectivity index (χ3n) is 3.40. The summed E-state index contributed by atoms with van der Waals surface area (Å²) in [6.07, 6.45) is 1.45. The van der Waals surface area contributed by atoms with Gasteiger partial charge < -0.3 is 15.6 Å². The Morgan fingerprint density at radius 3 is 2.68 bits per heavy atom. The van der Waals surface area contributed by atoms with Crippen molar-refractivity contribution in [1.29, 1.82) is 0 Å². The summed E-state index contributed by atoms with van der Waals surface area (Å²) in [6, 6.07) is 13.0. The van der Waals surface area contributed by atoms with E-state index in [4.69, 9.17) is 10.5 Å². The maximum absolute atomic E-state index is 11.1. The molecule has 0 saturated carbocycles. The second kappa shape index (κ2) is 8.60. The minimum atomic E-state index is -1.21. The maximum atomic E-state index is 11.1. The van der Waals surface area contributed by atoms with Crippen LogP contribution in [0.2, 0.25) is 0 Å². The van der Waals surface area contributed by atoms with Crippen molar-refractivity contribution in [2.45, 2.75) is 13.0 Å². The number of aliphatic imine (C=N–C) groups is 1. The van der Waals surface area contributed by atoms with Gasteiger partial charge in [-0.1, -0.05) is 18.2 Å². The minimum absolute atomic E-state index is 0.154. The summed E-state index contributed by atoms with van der Waals surface area (Å²) < 4.78 is 5.77. The van der Waals surface area contributed by atoms with Crippen LogP contribution in [-0.2, 0) is 0 Å². The molecule has 2 rings (SSSR count). The summed E-state index contributed by atoms with van der Waals surface area (Å²) in [7, 11) is 0. The van der Waals surface area contributed by atoms with Crippen LogP contribution in [0.15, 0.2) is 65.3 Å². The van der Waals surface area contributed by atoms with E-state index in [9.17, 15) is 15.2 Å². The quantitative estimate of drug-likeness (QED) is 0.456. The summed E-state index contributed by atoms with van der Waals surface area (Å²) >= 11 is 0. The van der Waals surface area contributed by atoms with Gasteiger partial charge in [0.05, 0.1) is 4.92 Å². The molecule has 0 bridgehead atoms. The molecule has 0 aliphatic carbocycles. The average Bonchev–Trinajstić information content (AvgIpc) is 2.63. The number of nitrogens with zero attached hydrogens (tertiary/aromatic N) is 2.